The van der Waals surface area contributed by atoms with Crippen molar-refractivity contribution in [3.05, 3.63) is 200 Å². The van der Waals surface area contributed by atoms with Gasteiger partial charge in [0.15, 0.2) is 25.5 Å². The van der Waals surface area contributed by atoms with Crippen LogP contribution in [0.2, 0.25) is 0 Å². The summed E-state index contributed by atoms with van der Waals surface area (Å²) in [4.78, 5) is 15.8. The Morgan fingerprint density at radius 1 is 0.351 bits per heavy atom. The molecule has 0 spiro atoms. The Morgan fingerprint density at radius 3 is 1.60 bits per heavy atom. The minimum atomic E-state index is -2.98. The van der Waals surface area contributed by atoms with E-state index in [1.807, 2.05) is 29.5 Å². The quantitative estimate of drug-likeness (QED) is 0.119. The van der Waals surface area contributed by atoms with E-state index < -0.39 is 8.07 Å². The third-order valence-corrected chi connectivity index (χ3v) is 18.2. The molecule has 0 unspecified atom stereocenters. The lowest BCUT2D eigenvalue weighted by Gasteiger charge is -2.35. The molecule has 0 saturated carbocycles. The fraction of sp³-hybridized carbons (Fsp3) is 0. The van der Waals surface area contributed by atoms with Crippen LogP contribution in [-0.4, -0.2) is 23.0 Å². The molecule has 0 atom stereocenters. The maximum Gasteiger partial charge on any atom is 0.180 e. The fourth-order valence-electron chi connectivity index (χ4n) is 8.59. The normalized spacial score (nSPS) is 11.9. The predicted molar refractivity (Wildman–Crippen MR) is 246 cm³/mol. The Labute approximate surface area is 339 Å². The lowest BCUT2D eigenvalue weighted by Crippen LogP contribution is -2.74. The highest BCUT2D eigenvalue weighted by Gasteiger charge is 2.43. The number of rotatable bonds is 7. The molecule has 0 fully saturated rings. The first-order valence-corrected chi connectivity index (χ1v) is 22.7. The largest absolute Gasteiger partial charge is 0.208 e. The standard InChI is InChI=1S/C51H33N3S2Si/c1-4-17-34(18-5-1)49-52-50(54-51(53-49)42-28-15-27-40-39-25-10-12-29-43(39)56-48(40)42)35-19-14-24-38(33-35)57(36-20-6-2-7-21-36,37-22-8-3-9-23-37)46-32-16-31-45-47(46)41-26-11-13-30-44(41)55-45/h1-33H. The van der Waals surface area contributed by atoms with Crippen molar-refractivity contribution in [2.24, 2.45) is 0 Å². The van der Waals surface area contributed by atoms with E-state index >= 15 is 0 Å². The van der Waals surface area contributed by atoms with Gasteiger partial charge in [0.05, 0.1) is 0 Å². The molecule has 0 amide bonds. The summed E-state index contributed by atoms with van der Waals surface area (Å²) in [5.74, 6) is 1.98. The molecule has 0 aliphatic rings. The second-order valence-electron chi connectivity index (χ2n) is 14.3. The van der Waals surface area contributed by atoms with Gasteiger partial charge in [-0.05, 0) is 45.0 Å². The molecule has 57 heavy (non-hydrogen) atoms. The van der Waals surface area contributed by atoms with E-state index in [-0.39, 0.29) is 0 Å². The van der Waals surface area contributed by atoms with Crippen LogP contribution < -0.4 is 20.7 Å². The number of fused-ring (bicyclic) bond motifs is 6. The molecule has 3 heterocycles. The third kappa shape index (κ3) is 5.56. The molecular formula is C51H33N3S2Si. The second-order valence-corrected chi connectivity index (χ2v) is 20.2. The van der Waals surface area contributed by atoms with Crippen LogP contribution in [0.25, 0.3) is 74.5 Å². The summed E-state index contributed by atoms with van der Waals surface area (Å²) in [5, 5.41) is 10.4. The van der Waals surface area contributed by atoms with Crippen molar-refractivity contribution >= 4 is 91.8 Å². The van der Waals surface area contributed by atoms with Crippen LogP contribution in [0.15, 0.2) is 200 Å². The SMILES string of the molecule is c1ccc(-c2nc(-c3cccc([Si](c4ccccc4)(c4ccccc4)c4cccc5sc6ccccc6c45)c3)nc(-c3cccc4c3sc3ccccc34)n2)cc1. The lowest BCUT2D eigenvalue weighted by atomic mass is 10.1. The van der Waals surface area contributed by atoms with Gasteiger partial charge >= 0.3 is 0 Å². The fourth-order valence-corrected chi connectivity index (χ4v) is 16.0. The zero-order valence-corrected chi connectivity index (χ0v) is 33.3. The molecule has 0 N–H and O–H groups in total. The number of hydrogen-bond acceptors (Lipinski definition) is 5. The lowest BCUT2D eigenvalue weighted by molar-refractivity contribution is 1.08. The van der Waals surface area contributed by atoms with Gasteiger partial charge in [-0.2, -0.15) is 0 Å². The Morgan fingerprint density at radius 2 is 0.860 bits per heavy atom. The van der Waals surface area contributed by atoms with E-state index in [4.69, 9.17) is 15.0 Å². The van der Waals surface area contributed by atoms with Crippen LogP contribution >= 0.6 is 22.7 Å². The first-order chi connectivity index (χ1) is 28.3. The maximum atomic E-state index is 5.35. The highest BCUT2D eigenvalue weighted by molar-refractivity contribution is 7.27. The molecule has 3 nitrogen and oxygen atoms in total. The van der Waals surface area contributed by atoms with Gasteiger partial charge in [0.2, 0.25) is 0 Å². The third-order valence-electron chi connectivity index (χ3n) is 11.1. The van der Waals surface area contributed by atoms with Gasteiger partial charge in [-0.15, -0.1) is 22.7 Å². The van der Waals surface area contributed by atoms with Crippen molar-refractivity contribution in [3.63, 3.8) is 0 Å². The molecule has 11 rings (SSSR count). The summed E-state index contributed by atoms with van der Waals surface area (Å²) in [7, 11) is -2.98. The van der Waals surface area contributed by atoms with Crippen LogP contribution in [0, 0.1) is 0 Å². The highest BCUT2D eigenvalue weighted by Crippen LogP contribution is 2.40. The number of nitrogens with zero attached hydrogens (tertiary/aromatic N) is 3. The van der Waals surface area contributed by atoms with Crippen LogP contribution in [0.5, 0.6) is 0 Å². The first-order valence-electron chi connectivity index (χ1n) is 19.1. The molecule has 0 saturated heterocycles. The number of thiophene rings is 2. The molecule has 0 aliphatic heterocycles. The van der Waals surface area contributed by atoms with Crippen molar-refractivity contribution in [1.82, 2.24) is 15.0 Å². The van der Waals surface area contributed by atoms with Crippen LogP contribution in [-0.2, 0) is 0 Å². The summed E-state index contributed by atoms with van der Waals surface area (Å²) in [5.41, 5.74) is 2.93. The highest BCUT2D eigenvalue weighted by atomic mass is 32.1. The summed E-state index contributed by atoms with van der Waals surface area (Å²) in [6.45, 7) is 0. The Bertz CT molecular complexity index is 3210. The summed E-state index contributed by atoms with van der Waals surface area (Å²) in [6.07, 6.45) is 0. The van der Waals surface area contributed by atoms with Gasteiger partial charge in [-0.3, -0.25) is 0 Å². The van der Waals surface area contributed by atoms with E-state index in [1.165, 1.54) is 61.1 Å². The Kier molecular flexibility index (Phi) is 8.21. The Balaban J connectivity index is 1.19. The smallest absolute Gasteiger partial charge is 0.180 e. The molecule has 8 aromatic carbocycles. The van der Waals surface area contributed by atoms with Gasteiger partial charge in [-0.25, -0.2) is 15.0 Å². The van der Waals surface area contributed by atoms with Gasteiger partial charge in [0.1, 0.15) is 0 Å². The minimum Gasteiger partial charge on any atom is -0.208 e. The zero-order valence-electron chi connectivity index (χ0n) is 30.7. The van der Waals surface area contributed by atoms with Gasteiger partial charge in [0, 0.05) is 57.0 Å². The summed E-state index contributed by atoms with van der Waals surface area (Å²) in [6, 6.07) is 72.5. The van der Waals surface area contributed by atoms with E-state index in [9.17, 15) is 0 Å². The molecule has 3 aromatic heterocycles. The monoisotopic (exact) mass is 779 g/mol. The number of benzene rings is 8. The molecule has 11 aromatic rings. The van der Waals surface area contributed by atoms with E-state index in [2.05, 4.69) is 182 Å². The van der Waals surface area contributed by atoms with Gasteiger partial charge in [0.25, 0.3) is 0 Å². The summed E-state index contributed by atoms with van der Waals surface area (Å²) >= 11 is 3.67. The average Bonchev–Trinajstić information content (AvgIpc) is 3.87. The van der Waals surface area contributed by atoms with E-state index in [0.29, 0.717) is 17.5 Å². The van der Waals surface area contributed by atoms with Crippen LogP contribution in [0.1, 0.15) is 0 Å². The Hall–Kier alpha value is -6.57. The first kappa shape index (κ1) is 33.7. The van der Waals surface area contributed by atoms with Gasteiger partial charge < -0.3 is 0 Å². The minimum absolute atomic E-state index is 0.655. The number of aromatic nitrogens is 3. The number of hydrogen-bond donors (Lipinski definition) is 0. The van der Waals surface area contributed by atoms with Crippen molar-refractivity contribution < 1.29 is 0 Å². The van der Waals surface area contributed by atoms with Crippen molar-refractivity contribution in [3.8, 4) is 34.2 Å². The van der Waals surface area contributed by atoms with Gasteiger partial charge in [-0.1, -0.05) is 176 Å². The topological polar surface area (TPSA) is 38.7 Å². The van der Waals surface area contributed by atoms with E-state index in [1.54, 1.807) is 11.3 Å². The van der Waals surface area contributed by atoms with E-state index in [0.717, 1.165) is 16.7 Å². The maximum absolute atomic E-state index is 5.35. The van der Waals surface area contributed by atoms with Crippen molar-refractivity contribution in [2.75, 3.05) is 0 Å². The second kappa shape index (κ2) is 13.9. The van der Waals surface area contributed by atoms with Crippen LogP contribution in [0.3, 0.4) is 0 Å². The van der Waals surface area contributed by atoms with Crippen molar-refractivity contribution in [2.45, 2.75) is 0 Å². The molecule has 268 valence electrons. The molecular weight excluding hydrogens is 747 g/mol. The molecule has 6 heteroatoms. The van der Waals surface area contributed by atoms with Crippen LogP contribution in [0.4, 0.5) is 0 Å². The van der Waals surface area contributed by atoms with Crippen molar-refractivity contribution in [1.29, 1.82) is 0 Å². The molecule has 0 radical (unpaired) electrons. The summed E-state index contributed by atoms with van der Waals surface area (Å²) < 4.78 is 5.04. The molecule has 0 bridgehead atoms. The zero-order chi connectivity index (χ0) is 37.8. The predicted octanol–water partition coefficient (Wildman–Crippen LogP) is 11.0. The average molecular weight is 780 g/mol. The molecule has 0 aliphatic carbocycles.